The Kier molecular flexibility index (Phi) is 6.03. The van der Waals surface area contributed by atoms with Crippen molar-refractivity contribution in [1.82, 2.24) is 15.6 Å². The molecule has 4 rings (SSSR count). The summed E-state index contributed by atoms with van der Waals surface area (Å²) in [6.45, 7) is 3.72. The van der Waals surface area contributed by atoms with E-state index in [-0.39, 0.29) is 0 Å². The Bertz CT molecular complexity index is 1100. The third kappa shape index (κ3) is 4.55. The van der Waals surface area contributed by atoms with Crippen LogP contribution in [0.4, 0.5) is 0 Å². The van der Waals surface area contributed by atoms with E-state index in [4.69, 9.17) is 4.99 Å². The Morgan fingerprint density at radius 3 is 2.79 bits per heavy atom. The number of aliphatic imine (C=N–C) groups is 1. The van der Waals surface area contributed by atoms with Crippen LogP contribution in [0.25, 0.3) is 21.0 Å². The molecular weight excluding hydrogens is 380 g/mol. The van der Waals surface area contributed by atoms with E-state index < -0.39 is 6.10 Å². The minimum atomic E-state index is -0.585. The molecule has 0 aliphatic heterocycles. The van der Waals surface area contributed by atoms with Crippen LogP contribution < -0.4 is 10.6 Å². The molecule has 2 aromatic heterocycles. The molecule has 0 spiro atoms. The van der Waals surface area contributed by atoms with Gasteiger partial charge in [0.15, 0.2) is 5.96 Å². The van der Waals surface area contributed by atoms with Crippen LogP contribution in [0.15, 0.2) is 71.9 Å². The molecule has 6 heteroatoms. The van der Waals surface area contributed by atoms with Crippen LogP contribution in [0.5, 0.6) is 0 Å². The molecule has 0 aliphatic carbocycles. The SMILES string of the molecule is CCNC(=NCc1ccnc2ccccc12)NCC(O)c1cc2ccccc2s1. The van der Waals surface area contributed by atoms with Gasteiger partial charge in [-0.05, 0) is 42.1 Å². The van der Waals surface area contributed by atoms with Crippen molar-refractivity contribution in [2.75, 3.05) is 13.1 Å². The van der Waals surface area contributed by atoms with Gasteiger partial charge >= 0.3 is 0 Å². The van der Waals surface area contributed by atoms with Crippen LogP contribution in [0.1, 0.15) is 23.5 Å². The average molecular weight is 405 g/mol. The molecule has 29 heavy (non-hydrogen) atoms. The standard InChI is InChI=1S/C23H24N4OS/c1-2-24-23(26-14-17-11-12-25-19-9-5-4-8-18(17)19)27-15-20(28)22-13-16-7-3-6-10-21(16)29-22/h3-13,20,28H,2,14-15H2,1H3,(H2,24,26,27). The topological polar surface area (TPSA) is 69.5 Å². The summed E-state index contributed by atoms with van der Waals surface area (Å²) in [6, 6.07) is 20.3. The van der Waals surface area contributed by atoms with Crippen LogP contribution in [0, 0.1) is 0 Å². The Balaban J connectivity index is 1.45. The largest absolute Gasteiger partial charge is 0.386 e. The van der Waals surface area contributed by atoms with E-state index in [1.165, 1.54) is 4.70 Å². The summed E-state index contributed by atoms with van der Waals surface area (Å²) < 4.78 is 1.19. The molecule has 2 heterocycles. The van der Waals surface area contributed by atoms with Gasteiger partial charge in [0.2, 0.25) is 0 Å². The number of pyridine rings is 1. The van der Waals surface area contributed by atoms with E-state index in [2.05, 4.69) is 39.9 Å². The van der Waals surface area contributed by atoms with Crippen LogP contribution in [-0.2, 0) is 6.54 Å². The predicted molar refractivity (Wildman–Crippen MR) is 121 cm³/mol. The van der Waals surface area contributed by atoms with Gasteiger partial charge in [0.1, 0.15) is 6.10 Å². The fraction of sp³-hybridized carbons (Fsp3) is 0.217. The zero-order valence-electron chi connectivity index (χ0n) is 16.3. The smallest absolute Gasteiger partial charge is 0.191 e. The summed E-state index contributed by atoms with van der Waals surface area (Å²) in [5.41, 5.74) is 2.09. The first-order valence-electron chi connectivity index (χ1n) is 9.76. The van der Waals surface area contributed by atoms with Gasteiger partial charge in [0.05, 0.1) is 12.1 Å². The van der Waals surface area contributed by atoms with Crippen molar-refractivity contribution in [3.05, 3.63) is 77.3 Å². The number of hydrogen-bond acceptors (Lipinski definition) is 4. The first kappa shape index (κ1) is 19.4. The van der Waals surface area contributed by atoms with Crippen LogP contribution in [-0.4, -0.2) is 29.1 Å². The lowest BCUT2D eigenvalue weighted by molar-refractivity contribution is 0.184. The van der Waals surface area contributed by atoms with E-state index in [0.29, 0.717) is 19.0 Å². The lowest BCUT2D eigenvalue weighted by atomic mass is 10.1. The van der Waals surface area contributed by atoms with Gasteiger partial charge in [0, 0.05) is 34.2 Å². The number of aliphatic hydroxyl groups excluding tert-OH is 1. The molecule has 0 radical (unpaired) electrons. The number of guanidine groups is 1. The lowest BCUT2D eigenvalue weighted by Gasteiger charge is -2.14. The first-order valence-corrected chi connectivity index (χ1v) is 10.6. The summed E-state index contributed by atoms with van der Waals surface area (Å²) in [6.07, 6.45) is 1.23. The van der Waals surface area contributed by atoms with Crippen molar-refractivity contribution in [3.8, 4) is 0 Å². The average Bonchev–Trinajstić information content (AvgIpc) is 3.20. The molecule has 0 bridgehead atoms. The number of aliphatic hydroxyl groups is 1. The van der Waals surface area contributed by atoms with Crippen molar-refractivity contribution >= 4 is 38.3 Å². The van der Waals surface area contributed by atoms with E-state index in [0.717, 1.165) is 33.3 Å². The maximum atomic E-state index is 10.6. The maximum Gasteiger partial charge on any atom is 0.191 e. The first-order chi connectivity index (χ1) is 14.2. The van der Waals surface area contributed by atoms with E-state index in [9.17, 15) is 5.11 Å². The highest BCUT2D eigenvalue weighted by atomic mass is 32.1. The van der Waals surface area contributed by atoms with Crippen LogP contribution in [0.2, 0.25) is 0 Å². The second-order valence-corrected chi connectivity index (χ2v) is 7.88. The van der Waals surface area contributed by atoms with Crippen LogP contribution in [0.3, 0.4) is 0 Å². The molecule has 0 fully saturated rings. The number of nitrogens with one attached hydrogen (secondary N) is 2. The highest BCUT2D eigenvalue weighted by Gasteiger charge is 2.12. The van der Waals surface area contributed by atoms with E-state index in [1.54, 1.807) is 11.3 Å². The summed E-state index contributed by atoms with van der Waals surface area (Å²) in [7, 11) is 0. The Morgan fingerprint density at radius 1 is 1.10 bits per heavy atom. The summed E-state index contributed by atoms with van der Waals surface area (Å²) >= 11 is 1.62. The molecule has 2 aromatic carbocycles. The number of fused-ring (bicyclic) bond motifs is 2. The molecule has 3 N–H and O–H groups in total. The van der Waals surface area contributed by atoms with E-state index >= 15 is 0 Å². The van der Waals surface area contributed by atoms with Gasteiger partial charge in [0.25, 0.3) is 0 Å². The van der Waals surface area contributed by atoms with Gasteiger partial charge in [-0.25, -0.2) is 4.99 Å². The van der Waals surface area contributed by atoms with Gasteiger partial charge in [-0.1, -0.05) is 36.4 Å². The molecule has 1 atom stereocenters. The molecule has 0 aliphatic rings. The van der Waals surface area contributed by atoms with Crippen molar-refractivity contribution in [2.24, 2.45) is 4.99 Å². The molecule has 148 valence electrons. The molecule has 0 saturated heterocycles. The molecule has 5 nitrogen and oxygen atoms in total. The molecule has 1 unspecified atom stereocenters. The summed E-state index contributed by atoms with van der Waals surface area (Å²) in [5, 5.41) is 19.4. The zero-order chi connectivity index (χ0) is 20.1. The van der Waals surface area contributed by atoms with Crippen LogP contribution >= 0.6 is 11.3 Å². The van der Waals surface area contributed by atoms with Gasteiger partial charge in [-0.3, -0.25) is 4.98 Å². The van der Waals surface area contributed by atoms with Crippen molar-refractivity contribution in [2.45, 2.75) is 19.6 Å². The lowest BCUT2D eigenvalue weighted by Crippen LogP contribution is -2.39. The second-order valence-electron chi connectivity index (χ2n) is 6.77. The minimum absolute atomic E-state index is 0.399. The Hall–Kier alpha value is -2.96. The third-order valence-corrected chi connectivity index (χ3v) is 5.94. The number of rotatable bonds is 6. The minimum Gasteiger partial charge on any atom is -0.386 e. The highest BCUT2D eigenvalue weighted by Crippen LogP contribution is 2.29. The van der Waals surface area contributed by atoms with Crippen molar-refractivity contribution in [3.63, 3.8) is 0 Å². The number of hydrogen-bond donors (Lipinski definition) is 3. The number of aromatic nitrogens is 1. The maximum absolute atomic E-state index is 10.6. The zero-order valence-corrected chi connectivity index (χ0v) is 17.1. The molecule has 0 saturated carbocycles. The van der Waals surface area contributed by atoms with Gasteiger partial charge in [-0.2, -0.15) is 0 Å². The van der Waals surface area contributed by atoms with E-state index in [1.807, 2.05) is 49.5 Å². The molecule has 0 amide bonds. The summed E-state index contributed by atoms with van der Waals surface area (Å²) in [4.78, 5) is 10.1. The highest BCUT2D eigenvalue weighted by molar-refractivity contribution is 7.19. The molecular formula is C23H24N4OS. The fourth-order valence-electron chi connectivity index (χ4n) is 3.26. The predicted octanol–water partition coefficient (Wildman–Crippen LogP) is 4.24. The summed E-state index contributed by atoms with van der Waals surface area (Å²) in [5.74, 6) is 0.688. The normalized spacial score (nSPS) is 13.0. The monoisotopic (exact) mass is 404 g/mol. The third-order valence-electron chi connectivity index (χ3n) is 4.73. The number of nitrogens with zero attached hydrogens (tertiary/aromatic N) is 2. The van der Waals surface area contributed by atoms with Crippen molar-refractivity contribution < 1.29 is 5.11 Å². The van der Waals surface area contributed by atoms with Crippen molar-refractivity contribution in [1.29, 1.82) is 0 Å². The second kappa shape index (κ2) is 9.03. The number of para-hydroxylation sites is 1. The number of benzene rings is 2. The van der Waals surface area contributed by atoms with Gasteiger partial charge < -0.3 is 15.7 Å². The quantitative estimate of drug-likeness (QED) is 0.332. The van der Waals surface area contributed by atoms with Gasteiger partial charge in [-0.15, -0.1) is 11.3 Å². The Morgan fingerprint density at radius 2 is 1.93 bits per heavy atom. The Labute approximate surface area is 174 Å². The fourth-order valence-corrected chi connectivity index (χ4v) is 4.31. The number of thiophene rings is 1. The molecule has 4 aromatic rings.